The van der Waals surface area contributed by atoms with Crippen LogP contribution in [0.3, 0.4) is 0 Å². The molecule has 0 spiro atoms. The Balaban J connectivity index is 1.84. The Hall–Kier alpha value is -2.70. The first kappa shape index (κ1) is 19.6. The topological polar surface area (TPSA) is 83.8 Å². The van der Waals surface area contributed by atoms with E-state index in [0.29, 0.717) is 5.84 Å². The summed E-state index contributed by atoms with van der Waals surface area (Å²) in [5.74, 6) is 0.527. The van der Waals surface area contributed by atoms with Crippen molar-refractivity contribution < 1.29 is 0 Å². The fourth-order valence-corrected chi connectivity index (χ4v) is 4.61. The molecule has 2 aliphatic heterocycles. The quantitative estimate of drug-likeness (QED) is 0.782. The van der Waals surface area contributed by atoms with Gasteiger partial charge in [-0.05, 0) is 48.9 Å². The van der Waals surface area contributed by atoms with Crippen LogP contribution in [0, 0.1) is 6.92 Å². The Bertz CT molecular complexity index is 914. The fraction of sp³-hybridized carbons (Fsp3) is 0.391. The van der Waals surface area contributed by atoms with Crippen molar-refractivity contribution >= 4 is 11.5 Å². The first-order valence-corrected chi connectivity index (χ1v) is 10.2. The zero-order valence-electron chi connectivity index (χ0n) is 17.3. The Kier molecular flexibility index (Phi) is 5.39. The van der Waals surface area contributed by atoms with Crippen molar-refractivity contribution in [3.63, 3.8) is 0 Å². The molecule has 29 heavy (non-hydrogen) atoms. The molecule has 6 nitrogen and oxygen atoms in total. The third-order valence-electron chi connectivity index (χ3n) is 6.30. The molecule has 2 unspecified atom stereocenters. The van der Waals surface area contributed by atoms with Crippen LogP contribution in [0.25, 0.3) is 0 Å². The van der Waals surface area contributed by atoms with Gasteiger partial charge in [0.25, 0.3) is 0 Å². The van der Waals surface area contributed by atoms with Gasteiger partial charge in [0.05, 0.1) is 5.92 Å². The minimum atomic E-state index is -0.353. The minimum absolute atomic E-state index is 0.0974. The first-order chi connectivity index (χ1) is 14.0. The number of aliphatic imine (C=N–C) groups is 1. The Morgan fingerprint density at radius 1 is 1.14 bits per heavy atom. The van der Waals surface area contributed by atoms with Crippen molar-refractivity contribution in [1.82, 2.24) is 14.8 Å². The predicted molar refractivity (Wildman–Crippen MR) is 119 cm³/mol. The van der Waals surface area contributed by atoms with E-state index >= 15 is 0 Å². The molecule has 6 heteroatoms. The Labute approximate surface area is 172 Å². The second-order valence-corrected chi connectivity index (χ2v) is 8.28. The van der Waals surface area contributed by atoms with Gasteiger partial charge in [-0.3, -0.25) is 9.88 Å². The average Bonchev–Trinajstić information content (AvgIpc) is 2.73. The minimum Gasteiger partial charge on any atom is -0.399 e. The highest BCUT2D eigenvalue weighted by Crippen LogP contribution is 2.44. The maximum Gasteiger partial charge on any atom is 0.108 e. The number of nitrogen functional groups attached to an aromatic ring is 1. The van der Waals surface area contributed by atoms with Gasteiger partial charge in [-0.1, -0.05) is 18.2 Å². The van der Waals surface area contributed by atoms with E-state index in [4.69, 9.17) is 11.5 Å². The van der Waals surface area contributed by atoms with Crippen molar-refractivity contribution in [2.24, 2.45) is 10.7 Å². The maximum atomic E-state index is 6.58. The monoisotopic (exact) mass is 390 g/mol. The molecule has 2 atom stereocenters. The van der Waals surface area contributed by atoms with Crippen molar-refractivity contribution in [3.05, 3.63) is 71.7 Å². The lowest BCUT2D eigenvalue weighted by Gasteiger charge is -2.45. The summed E-state index contributed by atoms with van der Waals surface area (Å²) in [5.41, 5.74) is 16.6. The number of rotatable bonds is 4. The van der Waals surface area contributed by atoms with Gasteiger partial charge in [0.15, 0.2) is 0 Å². The number of nitrogens with two attached hydrogens (primary N) is 2. The lowest BCUT2D eigenvalue weighted by molar-refractivity contribution is 0.132. The van der Waals surface area contributed by atoms with E-state index in [-0.39, 0.29) is 11.3 Å². The number of anilines is 1. The van der Waals surface area contributed by atoms with Crippen LogP contribution in [0.4, 0.5) is 5.69 Å². The zero-order chi connectivity index (χ0) is 20.4. The van der Waals surface area contributed by atoms with Crippen LogP contribution >= 0.6 is 0 Å². The molecule has 0 amide bonds. The summed E-state index contributed by atoms with van der Waals surface area (Å²) in [6.45, 7) is 7.18. The Morgan fingerprint density at radius 2 is 1.93 bits per heavy atom. The fourth-order valence-electron chi connectivity index (χ4n) is 4.61. The number of aryl methyl sites for hydroxylation is 1. The number of likely N-dealkylation sites (N-methyl/N-ethyl adjacent to an activating group) is 1. The SMILES string of the molecule is Cc1ccc(N)cc1C1C(N)=NC=CC1(CN1CCN(C)CC1)c1cccnc1. The number of hydrogen-bond acceptors (Lipinski definition) is 6. The first-order valence-electron chi connectivity index (χ1n) is 10.2. The highest BCUT2D eigenvalue weighted by atomic mass is 15.2. The standard InChI is InChI=1S/C23H30N6/c1-17-5-6-19(24)14-20(17)21-22(25)27-9-7-23(21,18-4-3-8-26-15-18)16-29-12-10-28(2)11-13-29/h3-9,14-15,21H,10-13,16,24H2,1-2H3,(H2,25,27). The molecule has 0 saturated carbocycles. The molecule has 2 aromatic rings. The van der Waals surface area contributed by atoms with Gasteiger partial charge in [-0.15, -0.1) is 0 Å². The Morgan fingerprint density at radius 3 is 2.66 bits per heavy atom. The molecular formula is C23H30N6. The zero-order valence-corrected chi connectivity index (χ0v) is 17.3. The molecule has 0 bridgehead atoms. The number of piperazine rings is 1. The summed E-state index contributed by atoms with van der Waals surface area (Å²) in [7, 11) is 2.18. The highest BCUT2D eigenvalue weighted by Gasteiger charge is 2.45. The van der Waals surface area contributed by atoms with Gasteiger partial charge in [0.2, 0.25) is 0 Å². The molecule has 152 valence electrons. The van der Waals surface area contributed by atoms with Crippen LogP contribution in [0.2, 0.25) is 0 Å². The molecule has 4 N–H and O–H groups in total. The van der Waals surface area contributed by atoms with Gasteiger partial charge >= 0.3 is 0 Å². The lowest BCUT2D eigenvalue weighted by atomic mass is 9.65. The molecule has 2 aliphatic rings. The highest BCUT2D eigenvalue weighted by molar-refractivity contribution is 5.92. The van der Waals surface area contributed by atoms with Crippen molar-refractivity contribution in [1.29, 1.82) is 0 Å². The number of benzene rings is 1. The van der Waals surface area contributed by atoms with E-state index in [0.717, 1.165) is 49.5 Å². The van der Waals surface area contributed by atoms with Crippen molar-refractivity contribution in [3.8, 4) is 0 Å². The molecule has 1 aromatic carbocycles. The largest absolute Gasteiger partial charge is 0.399 e. The van der Waals surface area contributed by atoms with Gasteiger partial charge in [-0.25, -0.2) is 4.99 Å². The number of pyridine rings is 1. The molecule has 3 heterocycles. The van der Waals surface area contributed by atoms with Crippen LogP contribution in [0.1, 0.15) is 22.6 Å². The second-order valence-electron chi connectivity index (χ2n) is 8.28. The van der Waals surface area contributed by atoms with Gasteiger partial charge in [-0.2, -0.15) is 0 Å². The van der Waals surface area contributed by atoms with E-state index in [1.165, 1.54) is 5.56 Å². The third kappa shape index (κ3) is 3.78. The summed E-state index contributed by atoms with van der Waals surface area (Å²) >= 11 is 0. The normalized spacial score (nSPS) is 25.7. The smallest absolute Gasteiger partial charge is 0.108 e. The third-order valence-corrected chi connectivity index (χ3v) is 6.30. The molecule has 0 aliphatic carbocycles. The van der Waals surface area contributed by atoms with Crippen LogP contribution < -0.4 is 11.5 Å². The summed E-state index contributed by atoms with van der Waals surface area (Å²) in [6.07, 6.45) is 7.86. The molecule has 1 aromatic heterocycles. The van der Waals surface area contributed by atoms with Crippen LogP contribution in [0.15, 0.2) is 60.0 Å². The average molecular weight is 391 g/mol. The lowest BCUT2D eigenvalue weighted by Crippen LogP contribution is -2.53. The summed E-state index contributed by atoms with van der Waals surface area (Å²) in [4.78, 5) is 13.9. The van der Waals surface area contributed by atoms with E-state index in [9.17, 15) is 0 Å². The summed E-state index contributed by atoms with van der Waals surface area (Å²) in [5, 5.41) is 0. The molecule has 1 saturated heterocycles. The van der Waals surface area contributed by atoms with Crippen molar-refractivity contribution in [2.45, 2.75) is 18.3 Å². The van der Waals surface area contributed by atoms with Gasteiger partial charge < -0.3 is 16.4 Å². The molecular weight excluding hydrogens is 360 g/mol. The molecule has 0 radical (unpaired) electrons. The van der Waals surface area contributed by atoms with Crippen LogP contribution in [-0.4, -0.2) is 60.4 Å². The van der Waals surface area contributed by atoms with Crippen molar-refractivity contribution in [2.75, 3.05) is 45.5 Å². The van der Waals surface area contributed by atoms with E-state index in [1.807, 2.05) is 30.7 Å². The number of aromatic nitrogens is 1. The summed E-state index contributed by atoms with van der Waals surface area (Å²) in [6, 6.07) is 10.2. The number of amidine groups is 1. The van der Waals surface area contributed by atoms with E-state index in [2.05, 4.69) is 58.0 Å². The predicted octanol–water partition coefficient (Wildman–Crippen LogP) is 2.13. The van der Waals surface area contributed by atoms with Gasteiger partial charge in [0, 0.05) is 62.4 Å². The van der Waals surface area contributed by atoms with Crippen LogP contribution in [-0.2, 0) is 5.41 Å². The van der Waals surface area contributed by atoms with Gasteiger partial charge in [0.1, 0.15) is 5.84 Å². The maximum absolute atomic E-state index is 6.58. The van der Waals surface area contributed by atoms with E-state index in [1.54, 1.807) is 0 Å². The number of hydrogen-bond donors (Lipinski definition) is 2. The van der Waals surface area contributed by atoms with E-state index < -0.39 is 0 Å². The number of nitrogens with zero attached hydrogens (tertiary/aromatic N) is 4. The van der Waals surface area contributed by atoms with Crippen LogP contribution in [0.5, 0.6) is 0 Å². The second kappa shape index (κ2) is 7.97. The molecule has 1 fully saturated rings. The summed E-state index contributed by atoms with van der Waals surface area (Å²) < 4.78 is 0. The molecule has 4 rings (SSSR count).